The van der Waals surface area contributed by atoms with Crippen molar-refractivity contribution in [1.82, 2.24) is 24.7 Å². The van der Waals surface area contributed by atoms with Gasteiger partial charge in [-0.05, 0) is 22.9 Å². The van der Waals surface area contributed by atoms with Crippen LogP contribution >= 0.6 is 15.9 Å². The van der Waals surface area contributed by atoms with E-state index >= 15 is 0 Å². The highest BCUT2D eigenvalue weighted by atomic mass is 79.9. The number of nitrogens with zero attached hydrogens (tertiary/aromatic N) is 5. The van der Waals surface area contributed by atoms with Crippen molar-refractivity contribution in [3.8, 4) is 17.3 Å². The van der Waals surface area contributed by atoms with E-state index in [1.807, 2.05) is 0 Å². The normalized spacial score (nSPS) is 11.0. The number of rotatable bonds is 4. The molecular weight excluding hydrogens is 384 g/mol. The summed E-state index contributed by atoms with van der Waals surface area (Å²) in [5.74, 6) is 0.256. The van der Waals surface area contributed by atoms with Gasteiger partial charge in [-0.3, -0.25) is 19.6 Å². The Hall–Kier alpha value is -2.82. The smallest absolute Gasteiger partial charge is 0.288 e. The lowest BCUT2D eigenvalue weighted by atomic mass is 10.2. The van der Waals surface area contributed by atoms with Crippen LogP contribution in [-0.2, 0) is 7.05 Å². The second-order valence-electron chi connectivity index (χ2n) is 4.76. The Morgan fingerprint density at radius 3 is 2.88 bits per heavy atom. The quantitative estimate of drug-likeness (QED) is 0.527. The highest BCUT2D eigenvalue weighted by molar-refractivity contribution is 9.10. The van der Waals surface area contributed by atoms with Crippen LogP contribution in [0.2, 0.25) is 0 Å². The van der Waals surface area contributed by atoms with E-state index in [4.69, 9.17) is 4.74 Å². The summed E-state index contributed by atoms with van der Waals surface area (Å²) in [6.45, 7) is 2.06. The Labute approximate surface area is 142 Å². The fourth-order valence-electron chi connectivity index (χ4n) is 2.14. The summed E-state index contributed by atoms with van der Waals surface area (Å²) in [5, 5.41) is 15.1. The summed E-state index contributed by atoms with van der Waals surface area (Å²) < 4.78 is 7.36. The first kappa shape index (κ1) is 16.1. The van der Waals surface area contributed by atoms with Gasteiger partial charge in [-0.25, -0.2) is 9.97 Å². The minimum Gasteiger partial charge on any atom is -0.477 e. The van der Waals surface area contributed by atoms with Gasteiger partial charge in [0.05, 0.1) is 17.1 Å². The Morgan fingerprint density at radius 2 is 2.21 bits per heavy atom. The number of nitro groups is 1. The van der Waals surface area contributed by atoms with Gasteiger partial charge in [-0.1, -0.05) is 0 Å². The zero-order chi connectivity index (χ0) is 17.4. The molecule has 3 heterocycles. The molecule has 0 bridgehead atoms. The molecule has 124 valence electrons. The molecule has 3 aromatic rings. The third-order valence-electron chi connectivity index (χ3n) is 3.21. The molecule has 0 aliphatic carbocycles. The average Bonchev–Trinajstić information content (AvgIpc) is 2.84. The topological polar surface area (TPSA) is 129 Å². The highest BCUT2D eigenvalue weighted by Crippen LogP contribution is 2.30. The van der Waals surface area contributed by atoms with Crippen LogP contribution in [0.15, 0.2) is 21.7 Å². The van der Waals surface area contributed by atoms with E-state index in [1.54, 1.807) is 14.0 Å². The molecule has 0 saturated heterocycles. The van der Waals surface area contributed by atoms with E-state index in [1.165, 1.54) is 10.7 Å². The number of aromatic nitrogens is 5. The predicted octanol–water partition coefficient (Wildman–Crippen LogP) is 1.79. The number of aryl methyl sites for hydroxylation is 1. The zero-order valence-corrected chi connectivity index (χ0v) is 14.2. The molecule has 24 heavy (non-hydrogen) atoms. The van der Waals surface area contributed by atoms with Crippen molar-refractivity contribution in [2.75, 3.05) is 6.61 Å². The standard InChI is InChI=1S/C13H11BrN6O4/c1-3-24-13-7(4-6(5-15-13)20(22)23)11-16-8-9(12(21)17-11)18-19(2)10(8)14/h4-5H,3H2,1-2H3,(H,16,17,21). The summed E-state index contributed by atoms with van der Waals surface area (Å²) in [7, 11) is 1.66. The second kappa shape index (κ2) is 6.00. The highest BCUT2D eigenvalue weighted by Gasteiger charge is 2.20. The van der Waals surface area contributed by atoms with Crippen LogP contribution in [0.3, 0.4) is 0 Å². The van der Waals surface area contributed by atoms with Gasteiger partial charge in [0.1, 0.15) is 22.1 Å². The molecule has 3 rings (SSSR count). The number of aromatic amines is 1. The van der Waals surface area contributed by atoms with E-state index in [0.29, 0.717) is 16.7 Å². The number of H-pyrrole nitrogens is 1. The van der Waals surface area contributed by atoms with Crippen molar-refractivity contribution in [3.05, 3.63) is 37.3 Å². The van der Waals surface area contributed by atoms with Crippen molar-refractivity contribution < 1.29 is 9.66 Å². The summed E-state index contributed by atoms with van der Waals surface area (Å²) in [4.78, 5) is 33.5. The van der Waals surface area contributed by atoms with Crippen LogP contribution < -0.4 is 10.3 Å². The molecular formula is C13H11BrN6O4. The lowest BCUT2D eigenvalue weighted by Crippen LogP contribution is -2.10. The molecule has 0 radical (unpaired) electrons. The first-order valence-electron chi connectivity index (χ1n) is 6.82. The third-order valence-corrected chi connectivity index (χ3v) is 4.10. The maximum absolute atomic E-state index is 12.2. The molecule has 0 amide bonds. The maximum Gasteiger partial charge on any atom is 0.288 e. The first-order valence-corrected chi connectivity index (χ1v) is 7.61. The first-order chi connectivity index (χ1) is 11.4. The molecule has 3 aromatic heterocycles. The summed E-state index contributed by atoms with van der Waals surface area (Å²) in [6, 6.07) is 1.26. The molecule has 0 aliphatic rings. The zero-order valence-electron chi connectivity index (χ0n) is 12.6. The maximum atomic E-state index is 12.2. The van der Waals surface area contributed by atoms with Gasteiger partial charge in [0.25, 0.3) is 11.2 Å². The summed E-state index contributed by atoms with van der Waals surface area (Å²) in [6.07, 6.45) is 1.09. The fraction of sp³-hybridized carbons (Fsp3) is 0.231. The molecule has 0 unspecified atom stereocenters. The molecule has 0 aliphatic heterocycles. The van der Waals surface area contributed by atoms with Crippen molar-refractivity contribution in [2.24, 2.45) is 7.05 Å². The number of ether oxygens (including phenoxy) is 1. The van der Waals surface area contributed by atoms with Crippen LogP contribution in [0.5, 0.6) is 5.88 Å². The number of hydrogen-bond acceptors (Lipinski definition) is 7. The van der Waals surface area contributed by atoms with Crippen LogP contribution in [0, 0.1) is 10.1 Å². The molecule has 0 atom stereocenters. The Morgan fingerprint density at radius 1 is 1.46 bits per heavy atom. The predicted molar refractivity (Wildman–Crippen MR) is 87.9 cm³/mol. The largest absolute Gasteiger partial charge is 0.477 e. The number of pyridine rings is 1. The number of fused-ring (bicyclic) bond motifs is 1. The van der Waals surface area contributed by atoms with Gasteiger partial charge in [0.15, 0.2) is 5.52 Å². The fourth-order valence-corrected chi connectivity index (χ4v) is 2.50. The van der Waals surface area contributed by atoms with E-state index in [0.717, 1.165) is 6.20 Å². The van der Waals surface area contributed by atoms with Crippen molar-refractivity contribution in [3.63, 3.8) is 0 Å². The molecule has 0 saturated carbocycles. The monoisotopic (exact) mass is 394 g/mol. The van der Waals surface area contributed by atoms with Crippen molar-refractivity contribution in [1.29, 1.82) is 0 Å². The average molecular weight is 395 g/mol. The van der Waals surface area contributed by atoms with Crippen LogP contribution in [0.1, 0.15) is 6.92 Å². The molecule has 0 aromatic carbocycles. The summed E-state index contributed by atoms with van der Waals surface area (Å²) >= 11 is 3.31. The lowest BCUT2D eigenvalue weighted by molar-refractivity contribution is -0.385. The minimum atomic E-state index is -0.581. The summed E-state index contributed by atoms with van der Waals surface area (Å²) in [5.41, 5.74) is 0.0159. The third kappa shape index (κ3) is 2.62. The molecule has 1 N–H and O–H groups in total. The minimum absolute atomic E-state index is 0.112. The number of nitrogens with one attached hydrogen (secondary N) is 1. The Bertz CT molecular complexity index is 1010. The SMILES string of the molecule is CCOc1ncc([N+](=O)[O-])cc1-c1nc2c(Br)n(C)nc2c(=O)[nH]1. The van der Waals surface area contributed by atoms with E-state index in [9.17, 15) is 14.9 Å². The van der Waals surface area contributed by atoms with Crippen LogP contribution in [0.4, 0.5) is 5.69 Å². The van der Waals surface area contributed by atoms with Gasteiger partial charge in [0, 0.05) is 13.1 Å². The molecule has 0 spiro atoms. The number of hydrogen-bond donors (Lipinski definition) is 1. The Balaban J connectivity index is 2.29. The van der Waals surface area contributed by atoms with Crippen molar-refractivity contribution >= 4 is 32.7 Å². The van der Waals surface area contributed by atoms with Crippen molar-refractivity contribution in [2.45, 2.75) is 6.92 Å². The molecule has 11 heteroatoms. The van der Waals surface area contributed by atoms with Gasteiger partial charge >= 0.3 is 0 Å². The van der Waals surface area contributed by atoms with Gasteiger partial charge in [0.2, 0.25) is 5.88 Å². The molecule has 0 fully saturated rings. The van der Waals surface area contributed by atoms with E-state index in [2.05, 4.69) is 36.0 Å². The second-order valence-corrected chi connectivity index (χ2v) is 5.51. The van der Waals surface area contributed by atoms with E-state index < -0.39 is 10.5 Å². The molecule has 10 nitrogen and oxygen atoms in total. The van der Waals surface area contributed by atoms with Gasteiger partial charge in [-0.15, -0.1) is 0 Å². The van der Waals surface area contributed by atoms with Gasteiger partial charge in [-0.2, -0.15) is 5.10 Å². The van der Waals surface area contributed by atoms with Crippen LogP contribution in [0.25, 0.3) is 22.4 Å². The number of halogens is 1. The lowest BCUT2D eigenvalue weighted by Gasteiger charge is -2.08. The van der Waals surface area contributed by atoms with Crippen LogP contribution in [-0.4, -0.2) is 36.3 Å². The Kier molecular flexibility index (Phi) is 4.01. The van der Waals surface area contributed by atoms with Gasteiger partial charge < -0.3 is 9.72 Å². The van der Waals surface area contributed by atoms with E-state index in [-0.39, 0.29) is 28.5 Å².